The van der Waals surface area contributed by atoms with Crippen molar-refractivity contribution in [2.75, 3.05) is 0 Å². The molecule has 4 nitrogen and oxygen atoms in total. The maximum atomic E-state index is 6.69. The molecule has 2 atom stereocenters. The average molecular weight is 522 g/mol. The van der Waals surface area contributed by atoms with Gasteiger partial charge in [-0.3, -0.25) is 0 Å². The Balaban J connectivity index is 1.59. The Morgan fingerprint density at radius 3 is 2.00 bits per heavy atom. The quantitative estimate of drug-likeness (QED) is 0.317. The third-order valence-corrected chi connectivity index (χ3v) is 24.0. The molecule has 170 valence electrons. The second-order valence-electron chi connectivity index (χ2n) is 11.0. The summed E-state index contributed by atoms with van der Waals surface area (Å²) in [7, 11) is 0. The second kappa shape index (κ2) is 9.80. The summed E-state index contributed by atoms with van der Waals surface area (Å²) in [6, 6.07) is 0. The van der Waals surface area contributed by atoms with Gasteiger partial charge in [-0.2, -0.15) is 0 Å². The number of unbranched alkanes of at least 4 members (excludes halogenated alkanes) is 3. The summed E-state index contributed by atoms with van der Waals surface area (Å²) < 4.78 is 14.9. The van der Waals surface area contributed by atoms with Crippen molar-refractivity contribution in [2.45, 2.75) is 130 Å². The van der Waals surface area contributed by atoms with E-state index in [0.717, 1.165) is 18.4 Å². The zero-order valence-corrected chi connectivity index (χ0v) is 22.9. The molecule has 0 spiro atoms. The molecule has 30 heavy (non-hydrogen) atoms. The van der Waals surface area contributed by atoms with E-state index in [-0.39, 0.29) is 5.60 Å². The fourth-order valence-corrected chi connectivity index (χ4v) is 23.5. The van der Waals surface area contributed by atoms with Gasteiger partial charge < -0.3 is 0 Å². The van der Waals surface area contributed by atoms with Crippen LogP contribution in [0.15, 0.2) is 0 Å². The van der Waals surface area contributed by atoms with Gasteiger partial charge in [0, 0.05) is 0 Å². The first kappa shape index (κ1) is 23.1. The molecule has 4 bridgehead atoms. The summed E-state index contributed by atoms with van der Waals surface area (Å²) in [6.07, 6.45) is 15.2. The maximum absolute atomic E-state index is 6.69. The molecular formula is C25H45N3OSn. The molecule has 2 saturated carbocycles. The average Bonchev–Trinajstić information content (AvgIpc) is 3.07. The predicted molar refractivity (Wildman–Crippen MR) is 127 cm³/mol. The van der Waals surface area contributed by atoms with Gasteiger partial charge in [-0.1, -0.05) is 0 Å². The molecule has 0 amide bonds. The standard InChI is InChI=1S/C13H18N3O.3C4H9.Sn/c1-9-7-14-15-16(9)8-13-5-10-2-11(6-13)4-12(3-10)17-13;3*1-3-4-2;/h10-12H,2-6,8H2,1H3;3*1,3-4H2,2H3;. The van der Waals surface area contributed by atoms with Crippen LogP contribution < -0.4 is 3.71 Å². The summed E-state index contributed by atoms with van der Waals surface area (Å²) in [5.74, 6) is 1.80. The van der Waals surface area contributed by atoms with Gasteiger partial charge in [-0.05, 0) is 0 Å². The van der Waals surface area contributed by atoms with Crippen molar-refractivity contribution in [3.8, 4) is 0 Å². The Hall–Kier alpha value is -0.101. The van der Waals surface area contributed by atoms with E-state index in [1.165, 1.54) is 93.3 Å². The van der Waals surface area contributed by atoms with Crippen LogP contribution in [0.4, 0.5) is 0 Å². The summed E-state index contributed by atoms with van der Waals surface area (Å²) in [6.45, 7) is 10.3. The Bertz CT molecular complexity index is 644. The van der Waals surface area contributed by atoms with Crippen molar-refractivity contribution in [3.05, 3.63) is 5.69 Å². The van der Waals surface area contributed by atoms with E-state index in [4.69, 9.17) is 15.0 Å². The van der Waals surface area contributed by atoms with E-state index in [0.29, 0.717) is 6.10 Å². The van der Waals surface area contributed by atoms with Crippen molar-refractivity contribution in [3.63, 3.8) is 0 Å². The zero-order chi connectivity index (χ0) is 21.2. The normalized spacial score (nSPS) is 30.3. The van der Waals surface area contributed by atoms with E-state index in [2.05, 4.69) is 32.4 Å². The molecular weight excluding hydrogens is 477 g/mol. The van der Waals surface area contributed by atoms with Crippen LogP contribution in [0.5, 0.6) is 0 Å². The first-order chi connectivity index (χ1) is 14.5. The van der Waals surface area contributed by atoms with Crippen molar-refractivity contribution in [2.24, 2.45) is 11.8 Å². The molecule has 4 aliphatic rings. The summed E-state index contributed by atoms with van der Waals surface area (Å²) in [4.78, 5) is 0. The van der Waals surface area contributed by atoms with Crippen molar-refractivity contribution >= 4 is 22.1 Å². The van der Waals surface area contributed by atoms with Crippen LogP contribution in [0.1, 0.15) is 97.1 Å². The van der Waals surface area contributed by atoms with E-state index in [1.807, 2.05) is 0 Å². The topological polar surface area (TPSA) is 39.9 Å². The number of hydrogen-bond donors (Lipinski definition) is 0. The van der Waals surface area contributed by atoms with Gasteiger partial charge in [-0.15, -0.1) is 0 Å². The number of ether oxygens (including phenoxy) is 1. The molecule has 5 heteroatoms. The number of hydrogen-bond acceptors (Lipinski definition) is 3. The van der Waals surface area contributed by atoms with Crippen molar-refractivity contribution in [1.29, 1.82) is 0 Å². The Labute approximate surface area is 188 Å². The molecule has 5 rings (SSSR count). The van der Waals surface area contributed by atoms with Crippen LogP contribution in [0.3, 0.4) is 0 Å². The zero-order valence-electron chi connectivity index (χ0n) is 20.1. The third-order valence-electron chi connectivity index (χ3n) is 8.55. The first-order valence-corrected chi connectivity index (χ1v) is 20.6. The molecule has 2 saturated heterocycles. The van der Waals surface area contributed by atoms with E-state index in [1.54, 1.807) is 0 Å². The minimum absolute atomic E-state index is 0.0545. The summed E-state index contributed by atoms with van der Waals surface area (Å²) in [5, 5.41) is 9.82. The van der Waals surface area contributed by atoms with Crippen LogP contribution in [0.2, 0.25) is 13.3 Å². The second-order valence-corrected chi connectivity index (χ2v) is 24.0. The van der Waals surface area contributed by atoms with Crippen LogP contribution in [-0.4, -0.2) is 45.1 Å². The van der Waals surface area contributed by atoms with Gasteiger partial charge in [-0.25, -0.2) is 0 Å². The molecule has 0 aromatic carbocycles. The van der Waals surface area contributed by atoms with Crippen LogP contribution in [0, 0.1) is 18.8 Å². The van der Waals surface area contributed by atoms with Crippen LogP contribution in [-0.2, 0) is 11.3 Å². The SMILES string of the molecule is CCC[CH2][Sn]([CH2]CCC)([CH2]CCC)[c]1nnn(CC23CC4CC(CC(C4)O2)C3)c1C. The molecule has 2 aliphatic heterocycles. The predicted octanol–water partition coefficient (Wildman–Crippen LogP) is 5.99. The van der Waals surface area contributed by atoms with E-state index >= 15 is 0 Å². The van der Waals surface area contributed by atoms with E-state index in [9.17, 15) is 0 Å². The van der Waals surface area contributed by atoms with Gasteiger partial charge in [0.2, 0.25) is 0 Å². The molecule has 3 heterocycles. The minimum atomic E-state index is -2.53. The molecule has 0 N–H and O–H groups in total. The number of aromatic nitrogens is 3. The molecule has 2 unspecified atom stereocenters. The molecule has 2 aliphatic carbocycles. The van der Waals surface area contributed by atoms with Gasteiger partial charge in [0.25, 0.3) is 0 Å². The van der Waals surface area contributed by atoms with Gasteiger partial charge in [0.15, 0.2) is 0 Å². The fraction of sp³-hybridized carbons (Fsp3) is 0.920. The van der Waals surface area contributed by atoms with Gasteiger partial charge >= 0.3 is 189 Å². The van der Waals surface area contributed by atoms with Gasteiger partial charge in [0.05, 0.1) is 0 Å². The Kier molecular flexibility index (Phi) is 7.54. The molecule has 1 aromatic rings. The first-order valence-electron chi connectivity index (χ1n) is 13.1. The number of nitrogens with zero attached hydrogens (tertiary/aromatic N) is 3. The van der Waals surface area contributed by atoms with Crippen molar-refractivity contribution in [1.82, 2.24) is 15.0 Å². The Morgan fingerprint density at radius 2 is 1.50 bits per heavy atom. The summed E-state index contributed by atoms with van der Waals surface area (Å²) >= 11 is -2.53. The van der Waals surface area contributed by atoms with E-state index < -0.39 is 18.4 Å². The molecule has 1 aromatic heterocycles. The third kappa shape index (κ3) is 4.65. The van der Waals surface area contributed by atoms with Crippen LogP contribution >= 0.6 is 0 Å². The van der Waals surface area contributed by atoms with Crippen LogP contribution in [0.25, 0.3) is 0 Å². The fourth-order valence-electron chi connectivity index (χ4n) is 7.23. The molecule has 4 fully saturated rings. The van der Waals surface area contributed by atoms with Crippen molar-refractivity contribution < 1.29 is 4.74 Å². The monoisotopic (exact) mass is 523 g/mol. The number of rotatable bonds is 12. The van der Waals surface area contributed by atoms with Gasteiger partial charge in [0.1, 0.15) is 0 Å². The Morgan fingerprint density at radius 1 is 0.933 bits per heavy atom. The summed E-state index contributed by atoms with van der Waals surface area (Å²) in [5.41, 5.74) is 1.47. The molecule has 0 radical (unpaired) electrons.